The summed E-state index contributed by atoms with van der Waals surface area (Å²) in [7, 11) is 0. The fourth-order valence-corrected chi connectivity index (χ4v) is 4.98. The highest BCUT2D eigenvalue weighted by atomic mass is 35.5. The molecular formula is C32H35Cl2NO3. The molecule has 0 amide bonds. The van der Waals surface area contributed by atoms with Gasteiger partial charge in [0, 0.05) is 23.9 Å². The standard InChI is InChI=1S/C32H34ClNO3.ClH/c33-29-12-7-24(8-13-29)22-35-18-3-19-36-30-14-10-27(11-15-30)31-16-17-34-21-32(31)37-23-25-6-9-26-4-1-2-5-28(26)20-25;/h1-2,4-15,20,31-32,34H,3,16-19,21-23H2;1H. The van der Waals surface area contributed by atoms with Crippen molar-refractivity contribution in [3.05, 3.63) is 113 Å². The lowest BCUT2D eigenvalue weighted by Gasteiger charge is -2.32. The van der Waals surface area contributed by atoms with E-state index >= 15 is 0 Å². The Morgan fingerprint density at radius 1 is 0.789 bits per heavy atom. The van der Waals surface area contributed by atoms with E-state index in [0.29, 0.717) is 32.3 Å². The van der Waals surface area contributed by atoms with Crippen LogP contribution < -0.4 is 10.1 Å². The van der Waals surface area contributed by atoms with Crippen LogP contribution in [0, 0.1) is 0 Å². The van der Waals surface area contributed by atoms with E-state index in [1.807, 2.05) is 24.3 Å². The van der Waals surface area contributed by atoms with E-state index in [1.54, 1.807) is 0 Å². The zero-order chi connectivity index (χ0) is 25.3. The quantitative estimate of drug-likeness (QED) is 0.195. The van der Waals surface area contributed by atoms with Gasteiger partial charge in [-0.25, -0.2) is 0 Å². The first kappa shape index (κ1) is 28.4. The minimum absolute atomic E-state index is 0. The Morgan fingerprint density at radius 2 is 1.55 bits per heavy atom. The van der Waals surface area contributed by atoms with E-state index < -0.39 is 0 Å². The average molecular weight is 553 g/mol. The molecule has 1 aliphatic rings. The fraction of sp³-hybridized carbons (Fsp3) is 0.312. The van der Waals surface area contributed by atoms with Crippen molar-refractivity contribution in [2.24, 2.45) is 0 Å². The van der Waals surface area contributed by atoms with E-state index in [2.05, 4.69) is 72.0 Å². The molecule has 38 heavy (non-hydrogen) atoms. The van der Waals surface area contributed by atoms with Crippen LogP contribution in [0.1, 0.15) is 35.4 Å². The summed E-state index contributed by atoms with van der Waals surface area (Å²) in [4.78, 5) is 0. The highest BCUT2D eigenvalue weighted by Gasteiger charge is 2.27. The lowest BCUT2D eigenvalue weighted by atomic mass is 9.87. The number of hydrogen-bond donors (Lipinski definition) is 1. The van der Waals surface area contributed by atoms with E-state index in [9.17, 15) is 0 Å². The number of rotatable bonds is 11. The second-order valence-electron chi connectivity index (χ2n) is 9.58. The van der Waals surface area contributed by atoms with Crippen LogP contribution in [0.3, 0.4) is 0 Å². The van der Waals surface area contributed by atoms with E-state index in [0.717, 1.165) is 42.3 Å². The highest BCUT2D eigenvalue weighted by molar-refractivity contribution is 6.30. The molecule has 1 N–H and O–H groups in total. The van der Waals surface area contributed by atoms with E-state index in [1.165, 1.54) is 21.9 Å². The van der Waals surface area contributed by atoms with Crippen LogP contribution in [0.2, 0.25) is 5.02 Å². The molecule has 200 valence electrons. The Hall–Kier alpha value is -2.60. The summed E-state index contributed by atoms with van der Waals surface area (Å²) in [5.41, 5.74) is 3.64. The van der Waals surface area contributed by atoms with Gasteiger partial charge in [0.2, 0.25) is 0 Å². The van der Waals surface area contributed by atoms with Gasteiger partial charge in [-0.15, -0.1) is 12.4 Å². The van der Waals surface area contributed by atoms with Crippen molar-refractivity contribution >= 4 is 34.8 Å². The number of benzene rings is 4. The number of hydrogen-bond acceptors (Lipinski definition) is 4. The molecule has 0 saturated carbocycles. The minimum Gasteiger partial charge on any atom is -0.494 e. The molecule has 0 radical (unpaired) electrons. The SMILES string of the molecule is Cl.Clc1ccc(COCCCOc2ccc(C3CCNCC3OCc3ccc4ccccc4c3)cc2)cc1. The van der Waals surface area contributed by atoms with Crippen LogP contribution in [0.25, 0.3) is 10.8 Å². The van der Waals surface area contributed by atoms with Gasteiger partial charge in [0.15, 0.2) is 0 Å². The molecule has 0 spiro atoms. The predicted molar refractivity (Wildman–Crippen MR) is 158 cm³/mol. The Balaban J connectivity index is 0.00000336. The van der Waals surface area contributed by atoms with Gasteiger partial charge in [-0.2, -0.15) is 0 Å². The molecule has 4 aromatic carbocycles. The van der Waals surface area contributed by atoms with Crippen molar-refractivity contribution in [2.45, 2.75) is 38.1 Å². The zero-order valence-corrected chi connectivity index (χ0v) is 23.1. The second-order valence-corrected chi connectivity index (χ2v) is 10.0. The van der Waals surface area contributed by atoms with Gasteiger partial charge in [0.25, 0.3) is 0 Å². The zero-order valence-electron chi connectivity index (χ0n) is 21.5. The topological polar surface area (TPSA) is 39.7 Å². The summed E-state index contributed by atoms with van der Waals surface area (Å²) < 4.78 is 18.1. The summed E-state index contributed by atoms with van der Waals surface area (Å²) >= 11 is 5.92. The van der Waals surface area contributed by atoms with E-state index in [4.69, 9.17) is 25.8 Å². The number of nitrogens with one attached hydrogen (secondary N) is 1. The molecule has 1 saturated heterocycles. The summed E-state index contributed by atoms with van der Waals surface area (Å²) in [6, 6.07) is 31.3. The third-order valence-corrected chi connectivity index (χ3v) is 7.15. The summed E-state index contributed by atoms with van der Waals surface area (Å²) in [6.07, 6.45) is 2.05. The van der Waals surface area contributed by atoms with Gasteiger partial charge in [-0.05, 0) is 70.8 Å². The maximum Gasteiger partial charge on any atom is 0.119 e. The van der Waals surface area contributed by atoms with Crippen LogP contribution in [-0.2, 0) is 22.7 Å². The van der Waals surface area contributed by atoms with Gasteiger partial charge < -0.3 is 19.5 Å². The van der Waals surface area contributed by atoms with Gasteiger partial charge in [0.05, 0.1) is 32.5 Å². The first-order valence-electron chi connectivity index (χ1n) is 13.1. The molecule has 0 bridgehead atoms. The van der Waals surface area contributed by atoms with Gasteiger partial charge in [-0.3, -0.25) is 0 Å². The molecule has 4 aromatic rings. The molecule has 1 aliphatic heterocycles. The van der Waals surface area contributed by atoms with Crippen molar-refractivity contribution in [3.8, 4) is 5.75 Å². The largest absolute Gasteiger partial charge is 0.494 e. The molecule has 2 unspecified atom stereocenters. The van der Waals surface area contributed by atoms with Crippen LogP contribution in [-0.4, -0.2) is 32.4 Å². The third-order valence-electron chi connectivity index (χ3n) is 6.90. The number of fused-ring (bicyclic) bond motifs is 1. The van der Waals surface area contributed by atoms with Crippen molar-refractivity contribution in [1.29, 1.82) is 0 Å². The molecule has 5 rings (SSSR count). The molecule has 1 fully saturated rings. The Bertz CT molecular complexity index is 1260. The maximum absolute atomic E-state index is 6.44. The molecule has 2 atom stereocenters. The molecule has 0 aliphatic carbocycles. The average Bonchev–Trinajstić information content (AvgIpc) is 2.95. The van der Waals surface area contributed by atoms with Crippen molar-refractivity contribution in [2.75, 3.05) is 26.3 Å². The minimum atomic E-state index is 0. The maximum atomic E-state index is 6.44. The number of halogens is 2. The van der Waals surface area contributed by atoms with Gasteiger partial charge >= 0.3 is 0 Å². The van der Waals surface area contributed by atoms with Crippen LogP contribution in [0.15, 0.2) is 91.0 Å². The van der Waals surface area contributed by atoms with Gasteiger partial charge in [0.1, 0.15) is 5.75 Å². The van der Waals surface area contributed by atoms with Crippen molar-refractivity contribution < 1.29 is 14.2 Å². The lowest BCUT2D eigenvalue weighted by molar-refractivity contribution is 0.0106. The van der Waals surface area contributed by atoms with Gasteiger partial charge in [-0.1, -0.05) is 72.3 Å². The highest BCUT2D eigenvalue weighted by Crippen LogP contribution is 2.30. The Kier molecular flexibility index (Phi) is 10.9. The smallest absolute Gasteiger partial charge is 0.119 e. The van der Waals surface area contributed by atoms with E-state index in [-0.39, 0.29) is 18.5 Å². The third kappa shape index (κ3) is 7.95. The lowest BCUT2D eigenvalue weighted by Crippen LogP contribution is -2.40. The first-order valence-corrected chi connectivity index (χ1v) is 13.5. The van der Waals surface area contributed by atoms with Crippen molar-refractivity contribution in [3.63, 3.8) is 0 Å². The molecular weight excluding hydrogens is 517 g/mol. The van der Waals surface area contributed by atoms with Crippen LogP contribution in [0.5, 0.6) is 5.75 Å². The number of ether oxygens (including phenoxy) is 3. The fourth-order valence-electron chi connectivity index (χ4n) is 4.85. The summed E-state index contributed by atoms with van der Waals surface area (Å²) in [5, 5.41) is 6.76. The molecule has 4 nitrogen and oxygen atoms in total. The monoisotopic (exact) mass is 551 g/mol. The Labute approximate surface area is 236 Å². The van der Waals surface area contributed by atoms with Crippen molar-refractivity contribution in [1.82, 2.24) is 5.32 Å². The Morgan fingerprint density at radius 3 is 2.37 bits per heavy atom. The number of piperidine rings is 1. The second kappa shape index (κ2) is 14.5. The summed E-state index contributed by atoms with van der Waals surface area (Å²) in [5.74, 6) is 1.26. The normalized spacial score (nSPS) is 17.2. The summed E-state index contributed by atoms with van der Waals surface area (Å²) in [6.45, 7) is 4.37. The first-order chi connectivity index (χ1) is 18.2. The predicted octanol–water partition coefficient (Wildman–Crippen LogP) is 7.56. The molecule has 1 heterocycles. The molecule has 0 aromatic heterocycles. The van der Waals surface area contributed by atoms with Crippen LogP contribution in [0.4, 0.5) is 0 Å². The molecule has 6 heteroatoms. The van der Waals surface area contributed by atoms with Crippen LogP contribution >= 0.6 is 24.0 Å².